The van der Waals surface area contributed by atoms with Gasteiger partial charge in [0.05, 0.1) is 25.7 Å². The third-order valence-electron chi connectivity index (χ3n) is 3.37. The molecule has 0 saturated heterocycles. The van der Waals surface area contributed by atoms with Gasteiger partial charge < -0.3 is 9.30 Å². The van der Waals surface area contributed by atoms with Gasteiger partial charge >= 0.3 is 0 Å². The largest absolute Gasteiger partial charge is 0.383 e. The van der Waals surface area contributed by atoms with Crippen molar-refractivity contribution in [1.82, 2.24) is 19.3 Å². The maximum atomic E-state index is 13.9. The van der Waals surface area contributed by atoms with Crippen LogP contribution in [0.1, 0.15) is 5.56 Å². The molecule has 0 aliphatic heterocycles. The third-order valence-corrected chi connectivity index (χ3v) is 3.37. The van der Waals surface area contributed by atoms with Gasteiger partial charge in [-0.1, -0.05) is 0 Å². The minimum absolute atomic E-state index is 0.253. The first-order valence-corrected chi connectivity index (χ1v) is 7.01. The average molecular weight is 300 g/mol. The number of imidazole rings is 1. The first kappa shape index (κ1) is 14.5. The van der Waals surface area contributed by atoms with E-state index in [1.165, 1.54) is 6.07 Å². The van der Waals surface area contributed by atoms with Crippen LogP contribution in [0.2, 0.25) is 0 Å². The molecular formula is C16H17FN4O. The summed E-state index contributed by atoms with van der Waals surface area (Å²) in [5.74, 6) is -0.253. The van der Waals surface area contributed by atoms with Crippen LogP contribution in [-0.4, -0.2) is 33.0 Å². The van der Waals surface area contributed by atoms with E-state index in [4.69, 9.17) is 4.74 Å². The molecule has 0 aliphatic carbocycles. The summed E-state index contributed by atoms with van der Waals surface area (Å²) in [5, 5.41) is 4.26. The SMILES string of the molecule is COCCn1cc(-c2cc(F)cc(Cn3ccnc3)c2)cn1. The van der Waals surface area contributed by atoms with Gasteiger partial charge in [-0.3, -0.25) is 4.68 Å². The minimum atomic E-state index is -0.253. The van der Waals surface area contributed by atoms with Crippen molar-refractivity contribution >= 4 is 0 Å². The summed E-state index contributed by atoms with van der Waals surface area (Å²) >= 11 is 0. The van der Waals surface area contributed by atoms with Gasteiger partial charge in [0.2, 0.25) is 0 Å². The summed E-state index contributed by atoms with van der Waals surface area (Å²) in [6.45, 7) is 1.85. The van der Waals surface area contributed by atoms with Gasteiger partial charge in [0.25, 0.3) is 0 Å². The molecular weight excluding hydrogens is 283 g/mol. The van der Waals surface area contributed by atoms with Crippen LogP contribution in [0.5, 0.6) is 0 Å². The Morgan fingerprint density at radius 1 is 1.23 bits per heavy atom. The Hall–Kier alpha value is -2.47. The molecule has 2 heterocycles. The predicted octanol–water partition coefficient (Wildman–Crippen LogP) is 2.58. The predicted molar refractivity (Wildman–Crippen MR) is 80.8 cm³/mol. The smallest absolute Gasteiger partial charge is 0.124 e. The number of nitrogens with zero attached hydrogens (tertiary/aromatic N) is 4. The first-order chi connectivity index (χ1) is 10.7. The number of hydrogen-bond acceptors (Lipinski definition) is 3. The summed E-state index contributed by atoms with van der Waals surface area (Å²) < 4.78 is 22.6. The topological polar surface area (TPSA) is 44.9 Å². The Labute approximate surface area is 128 Å². The fourth-order valence-corrected chi connectivity index (χ4v) is 2.32. The minimum Gasteiger partial charge on any atom is -0.383 e. The van der Waals surface area contributed by atoms with Gasteiger partial charge in [-0.2, -0.15) is 5.10 Å². The molecule has 114 valence electrons. The summed E-state index contributed by atoms with van der Waals surface area (Å²) in [7, 11) is 1.65. The van der Waals surface area contributed by atoms with Gasteiger partial charge in [0.1, 0.15) is 5.82 Å². The second-order valence-electron chi connectivity index (χ2n) is 5.07. The van der Waals surface area contributed by atoms with Crippen LogP contribution in [-0.2, 0) is 17.8 Å². The van der Waals surface area contributed by atoms with Crippen molar-refractivity contribution in [2.75, 3.05) is 13.7 Å². The standard InChI is InChI=1S/C16H17FN4O/c1-22-5-4-21-11-15(9-19-21)14-6-13(7-16(17)8-14)10-20-3-2-18-12-20/h2-3,6-9,11-12H,4-5,10H2,1H3. The zero-order chi connectivity index (χ0) is 15.4. The Bertz CT molecular complexity index is 736. The van der Waals surface area contributed by atoms with Gasteiger partial charge in [0.15, 0.2) is 0 Å². The van der Waals surface area contributed by atoms with Crippen molar-refractivity contribution in [3.63, 3.8) is 0 Å². The van der Waals surface area contributed by atoms with E-state index in [0.717, 1.165) is 16.7 Å². The lowest BCUT2D eigenvalue weighted by Crippen LogP contribution is -2.03. The molecule has 0 fully saturated rings. The van der Waals surface area contributed by atoms with E-state index in [1.807, 2.05) is 23.0 Å². The molecule has 0 unspecified atom stereocenters. The van der Waals surface area contributed by atoms with E-state index in [2.05, 4.69) is 10.1 Å². The molecule has 0 radical (unpaired) electrons. The van der Waals surface area contributed by atoms with Crippen LogP contribution in [0, 0.1) is 5.82 Å². The Morgan fingerprint density at radius 3 is 2.91 bits per heavy atom. The fourth-order valence-electron chi connectivity index (χ4n) is 2.32. The number of hydrogen-bond donors (Lipinski definition) is 0. The molecule has 1 aromatic carbocycles. The van der Waals surface area contributed by atoms with Crippen molar-refractivity contribution in [1.29, 1.82) is 0 Å². The van der Waals surface area contributed by atoms with Gasteiger partial charge in [0, 0.05) is 37.8 Å². The van der Waals surface area contributed by atoms with Crippen LogP contribution < -0.4 is 0 Å². The molecule has 0 aliphatic rings. The summed E-state index contributed by atoms with van der Waals surface area (Å²) in [5.41, 5.74) is 2.60. The van der Waals surface area contributed by atoms with E-state index < -0.39 is 0 Å². The number of rotatable bonds is 6. The quantitative estimate of drug-likeness (QED) is 0.703. The normalized spacial score (nSPS) is 11.0. The molecule has 6 heteroatoms. The molecule has 0 amide bonds. The number of ether oxygens (including phenoxy) is 1. The van der Waals surface area contributed by atoms with E-state index in [1.54, 1.807) is 36.6 Å². The van der Waals surface area contributed by atoms with E-state index in [0.29, 0.717) is 19.7 Å². The van der Waals surface area contributed by atoms with Gasteiger partial charge in [-0.05, 0) is 29.3 Å². The number of halogens is 1. The molecule has 22 heavy (non-hydrogen) atoms. The summed E-state index contributed by atoms with van der Waals surface area (Å²) in [6.07, 6.45) is 8.92. The second-order valence-corrected chi connectivity index (χ2v) is 5.07. The Balaban J connectivity index is 1.84. The molecule has 0 spiro atoms. The monoisotopic (exact) mass is 300 g/mol. The molecule has 0 bridgehead atoms. The zero-order valence-corrected chi connectivity index (χ0v) is 12.3. The van der Waals surface area contributed by atoms with Crippen LogP contribution >= 0.6 is 0 Å². The van der Waals surface area contributed by atoms with Crippen molar-refractivity contribution in [3.8, 4) is 11.1 Å². The number of benzene rings is 1. The lowest BCUT2D eigenvalue weighted by molar-refractivity contribution is 0.183. The van der Waals surface area contributed by atoms with Gasteiger partial charge in [-0.15, -0.1) is 0 Å². The molecule has 0 N–H and O–H groups in total. The first-order valence-electron chi connectivity index (χ1n) is 7.01. The average Bonchev–Trinajstić information content (AvgIpc) is 3.16. The van der Waals surface area contributed by atoms with E-state index >= 15 is 0 Å². The maximum Gasteiger partial charge on any atom is 0.124 e. The molecule has 2 aromatic heterocycles. The zero-order valence-electron chi connectivity index (χ0n) is 12.3. The number of aromatic nitrogens is 4. The van der Waals surface area contributed by atoms with Crippen LogP contribution in [0.3, 0.4) is 0 Å². The van der Waals surface area contributed by atoms with Crippen molar-refractivity contribution in [2.45, 2.75) is 13.1 Å². The lowest BCUT2D eigenvalue weighted by atomic mass is 10.1. The highest BCUT2D eigenvalue weighted by Crippen LogP contribution is 2.22. The molecule has 3 aromatic rings. The highest BCUT2D eigenvalue weighted by molar-refractivity contribution is 5.62. The van der Waals surface area contributed by atoms with Gasteiger partial charge in [-0.25, -0.2) is 9.37 Å². The summed E-state index contributed by atoms with van der Waals surface area (Å²) in [6, 6.07) is 5.04. The molecule has 0 saturated carbocycles. The van der Waals surface area contributed by atoms with Crippen molar-refractivity contribution in [2.24, 2.45) is 0 Å². The Kier molecular flexibility index (Phi) is 4.29. The molecule has 0 atom stereocenters. The highest BCUT2D eigenvalue weighted by Gasteiger charge is 2.06. The van der Waals surface area contributed by atoms with Crippen LogP contribution in [0.15, 0.2) is 49.3 Å². The highest BCUT2D eigenvalue weighted by atomic mass is 19.1. The maximum absolute atomic E-state index is 13.9. The van der Waals surface area contributed by atoms with Crippen LogP contribution in [0.25, 0.3) is 11.1 Å². The fraction of sp³-hybridized carbons (Fsp3) is 0.250. The van der Waals surface area contributed by atoms with E-state index in [9.17, 15) is 4.39 Å². The molecule has 3 rings (SSSR count). The van der Waals surface area contributed by atoms with E-state index in [-0.39, 0.29) is 5.82 Å². The molecule has 5 nitrogen and oxygen atoms in total. The van der Waals surface area contributed by atoms with Crippen LogP contribution in [0.4, 0.5) is 4.39 Å². The lowest BCUT2D eigenvalue weighted by Gasteiger charge is -2.06. The van der Waals surface area contributed by atoms with Crippen molar-refractivity contribution < 1.29 is 9.13 Å². The third kappa shape index (κ3) is 3.40. The number of methoxy groups -OCH3 is 1. The summed E-state index contributed by atoms with van der Waals surface area (Å²) in [4.78, 5) is 4.00. The second kappa shape index (κ2) is 6.53. The Morgan fingerprint density at radius 2 is 2.14 bits per heavy atom. The van der Waals surface area contributed by atoms with Crippen molar-refractivity contribution in [3.05, 3.63) is 60.7 Å².